The van der Waals surface area contributed by atoms with Crippen LogP contribution in [-0.4, -0.2) is 9.67 Å². The van der Waals surface area contributed by atoms with Gasteiger partial charge in [-0.2, -0.15) is 0 Å². The van der Waals surface area contributed by atoms with Crippen LogP contribution in [0.5, 0.6) is 0 Å². The molecule has 1 unspecified atom stereocenters. The Bertz CT molecular complexity index is 736. The van der Waals surface area contributed by atoms with Gasteiger partial charge in [0.05, 0.1) is 18.0 Å². The number of aromatic nitrogens is 1. The van der Waals surface area contributed by atoms with Crippen molar-refractivity contribution in [2.45, 2.75) is 6.10 Å². The molecule has 0 aliphatic carbocycles. The van der Waals surface area contributed by atoms with Gasteiger partial charge in [-0.05, 0) is 23.8 Å². The zero-order chi connectivity index (χ0) is 12.7. The Hall–Kier alpha value is -2.27. The fourth-order valence-electron chi connectivity index (χ4n) is 1.94. The van der Waals surface area contributed by atoms with Crippen LogP contribution in [-0.2, 0) is 7.05 Å². The number of hydrogen-bond donors (Lipinski definition) is 1. The van der Waals surface area contributed by atoms with Crippen LogP contribution in [0.3, 0.4) is 0 Å². The van der Waals surface area contributed by atoms with E-state index in [4.69, 9.17) is 8.83 Å². The lowest BCUT2D eigenvalue weighted by Gasteiger charge is -2.08. The lowest BCUT2D eigenvalue weighted by molar-refractivity contribution is 0.219. The number of oxazole rings is 1. The van der Waals surface area contributed by atoms with E-state index in [0.29, 0.717) is 22.2 Å². The molecule has 2 heterocycles. The molecule has 0 aliphatic rings. The van der Waals surface area contributed by atoms with Crippen LogP contribution in [0, 0.1) is 0 Å². The molecule has 1 atom stereocenters. The molecule has 0 saturated heterocycles. The molecule has 0 bridgehead atoms. The van der Waals surface area contributed by atoms with Crippen molar-refractivity contribution < 1.29 is 13.9 Å². The molecule has 3 aromatic rings. The first-order chi connectivity index (χ1) is 8.66. The second-order valence-electron chi connectivity index (χ2n) is 4.11. The van der Waals surface area contributed by atoms with E-state index in [1.54, 1.807) is 31.3 Å². The number of aryl methyl sites for hydroxylation is 1. The molecular weight excluding hydrogens is 234 g/mol. The number of fused-ring (bicyclic) bond motifs is 1. The third-order valence-electron chi connectivity index (χ3n) is 2.99. The van der Waals surface area contributed by atoms with Gasteiger partial charge in [0.1, 0.15) is 6.10 Å². The predicted molar refractivity (Wildman–Crippen MR) is 64.2 cm³/mol. The van der Waals surface area contributed by atoms with Crippen LogP contribution in [0.1, 0.15) is 17.2 Å². The number of rotatable bonds is 2. The average Bonchev–Trinajstić information content (AvgIpc) is 2.98. The summed E-state index contributed by atoms with van der Waals surface area (Å²) >= 11 is 0. The first-order valence-electron chi connectivity index (χ1n) is 5.46. The highest BCUT2D eigenvalue weighted by Crippen LogP contribution is 2.25. The van der Waals surface area contributed by atoms with E-state index in [9.17, 15) is 9.90 Å². The van der Waals surface area contributed by atoms with Crippen molar-refractivity contribution in [1.82, 2.24) is 4.57 Å². The molecule has 0 fully saturated rings. The highest BCUT2D eigenvalue weighted by atomic mass is 16.4. The van der Waals surface area contributed by atoms with Gasteiger partial charge in [0.15, 0.2) is 5.58 Å². The Morgan fingerprint density at radius 1 is 1.28 bits per heavy atom. The summed E-state index contributed by atoms with van der Waals surface area (Å²) in [5, 5.41) is 10.1. The molecule has 5 nitrogen and oxygen atoms in total. The number of aliphatic hydroxyl groups is 1. The molecule has 0 aliphatic heterocycles. The Morgan fingerprint density at radius 3 is 2.83 bits per heavy atom. The van der Waals surface area contributed by atoms with Gasteiger partial charge in [0.25, 0.3) is 0 Å². The van der Waals surface area contributed by atoms with E-state index in [2.05, 4.69) is 0 Å². The topological polar surface area (TPSA) is 68.5 Å². The summed E-state index contributed by atoms with van der Waals surface area (Å²) in [6, 6.07) is 6.86. The van der Waals surface area contributed by atoms with Crippen molar-refractivity contribution in [3.63, 3.8) is 0 Å². The lowest BCUT2D eigenvalue weighted by Crippen LogP contribution is -2.08. The zero-order valence-corrected chi connectivity index (χ0v) is 9.66. The number of nitrogens with zero attached hydrogens (tertiary/aromatic N) is 1. The highest BCUT2D eigenvalue weighted by molar-refractivity contribution is 5.73. The second kappa shape index (κ2) is 3.89. The normalized spacial score (nSPS) is 13.0. The van der Waals surface area contributed by atoms with Gasteiger partial charge >= 0.3 is 5.76 Å². The minimum atomic E-state index is -0.793. The highest BCUT2D eigenvalue weighted by Gasteiger charge is 2.14. The summed E-state index contributed by atoms with van der Waals surface area (Å²) in [5.41, 5.74) is 2.47. The second-order valence-corrected chi connectivity index (χ2v) is 4.11. The minimum Gasteiger partial charge on any atom is -0.472 e. The summed E-state index contributed by atoms with van der Waals surface area (Å²) in [7, 11) is 1.64. The van der Waals surface area contributed by atoms with E-state index >= 15 is 0 Å². The zero-order valence-electron chi connectivity index (χ0n) is 9.66. The van der Waals surface area contributed by atoms with Gasteiger partial charge < -0.3 is 13.9 Å². The smallest absolute Gasteiger partial charge is 0.419 e. The molecule has 0 amide bonds. The molecule has 92 valence electrons. The van der Waals surface area contributed by atoms with Gasteiger partial charge in [-0.1, -0.05) is 6.07 Å². The average molecular weight is 245 g/mol. The number of furan rings is 1. The van der Waals surface area contributed by atoms with Gasteiger partial charge in [-0.3, -0.25) is 4.57 Å². The Balaban J connectivity index is 2.11. The maximum absolute atomic E-state index is 11.4. The minimum absolute atomic E-state index is 0.417. The Labute approximate surface area is 102 Å². The molecule has 5 heteroatoms. The molecule has 18 heavy (non-hydrogen) atoms. The molecule has 0 spiro atoms. The molecule has 0 radical (unpaired) electrons. The SMILES string of the molecule is Cn1c(=O)oc2cc(C(O)c3ccoc3)ccc21. The molecular formula is C13H11NO4. The van der Waals surface area contributed by atoms with Crippen molar-refractivity contribution in [2.24, 2.45) is 7.05 Å². The van der Waals surface area contributed by atoms with Gasteiger partial charge in [0, 0.05) is 12.6 Å². The largest absolute Gasteiger partial charge is 0.472 e. The maximum atomic E-state index is 11.4. The third-order valence-corrected chi connectivity index (χ3v) is 2.99. The van der Waals surface area contributed by atoms with E-state index in [-0.39, 0.29) is 0 Å². The molecule has 1 aromatic carbocycles. The van der Waals surface area contributed by atoms with E-state index < -0.39 is 11.9 Å². The quantitative estimate of drug-likeness (QED) is 0.747. The summed E-state index contributed by atoms with van der Waals surface area (Å²) in [5.74, 6) is -0.417. The number of benzene rings is 1. The van der Waals surface area contributed by atoms with Crippen molar-refractivity contribution in [2.75, 3.05) is 0 Å². The van der Waals surface area contributed by atoms with Crippen molar-refractivity contribution in [1.29, 1.82) is 0 Å². The molecule has 2 aromatic heterocycles. The van der Waals surface area contributed by atoms with Crippen LogP contribution < -0.4 is 5.76 Å². The fraction of sp³-hybridized carbons (Fsp3) is 0.154. The molecule has 3 rings (SSSR count). The predicted octanol–water partition coefficient (Wildman–Crippen LogP) is 1.81. The van der Waals surface area contributed by atoms with Crippen molar-refractivity contribution in [3.05, 3.63) is 58.5 Å². The number of hydrogen-bond acceptors (Lipinski definition) is 4. The molecule has 0 saturated carbocycles. The fourth-order valence-corrected chi connectivity index (χ4v) is 1.94. The monoisotopic (exact) mass is 245 g/mol. The van der Waals surface area contributed by atoms with Crippen LogP contribution in [0.4, 0.5) is 0 Å². The first-order valence-corrected chi connectivity index (χ1v) is 5.46. The summed E-state index contributed by atoms with van der Waals surface area (Å²) in [6.45, 7) is 0. The van der Waals surface area contributed by atoms with Crippen molar-refractivity contribution >= 4 is 11.1 Å². The maximum Gasteiger partial charge on any atom is 0.419 e. The lowest BCUT2D eigenvalue weighted by atomic mass is 10.0. The van der Waals surface area contributed by atoms with Crippen LogP contribution in [0.15, 0.2) is 50.4 Å². The summed E-state index contributed by atoms with van der Waals surface area (Å²) in [6.07, 6.45) is 2.19. The first kappa shape index (κ1) is 10.9. The number of aliphatic hydroxyl groups excluding tert-OH is 1. The van der Waals surface area contributed by atoms with Crippen LogP contribution >= 0.6 is 0 Å². The standard InChI is InChI=1S/C13H11NO4/c1-14-10-3-2-8(6-11(10)18-13(14)16)12(15)9-4-5-17-7-9/h2-7,12,15H,1H3. The molecule has 1 N–H and O–H groups in total. The van der Waals surface area contributed by atoms with Crippen LogP contribution in [0.2, 0.25) is 0 Å². The van der Waals surface area contributed by atoms with E-state index in [1.165, 1.54) is 17.1 Å². The van der Waals surface area contributed by atoms with Gasteiger partial charge in [0.2, 0.25) is 0 Å². The van der Waals surface area contributed by atoms with Crippen molar-refractivity contribution in [3.8, 4) is 0 Å². The summed E-state index contributed by atoms with van der Waals surface area (Å²) in [4.78, 5) is 11.4. The third kappa shape index (κ3) is 1.56. The van der Waals surface area contributed by atoms with Gasteiger partial charge in [-0.15, -0.1) is 0 Å². The Morgan fingerprint density at radius 2 is 2.11 bits per heavy atom. The van der Waals surface area contributed by atoms with E-state index in [1.807, 2.05) is 0 Å². The van der Waals surface area contributed by atoms with Crippen LogP contribution in [0.25, 0.3) is 11.1 Å². The Kier molecular flexibility index (Phi) is 2.34. The van der Waals surface area contributed by atoms with E-state index in [0.717, 1.165) is 0 Å². The summed E-state index contributed by atoms with van der Waals surface area (Å²) < 4.78 is 11.4. The van der Waals surface area contributed by atoms with Gasteiger partial charge in [-0.25, -0.2) is 4.79 Å².